The Bertz CT molecular complexity index is 323. The van der Waals surface area contributed by atoms with Crippen molar-refractivity contribution in [2.75, 3.05) is 7.11 Å². The monoisotopic (exact) mass is 186 g/mol. The third-order valence-electron chi connectivity index (χ3n) is 1.49. The average Bonchev–Trinajstić information content (AvgIpc) is 2.05. The van der Waals surface area contributed by atoms with Crippen LogP contribution in [0, 0.1) is 0 Å². The topological polar surface area (TPSA) is 43.4 Å². The summed E-state index contributed by atoms with van der Waals surface area (Å²) in [4.78, 5) is 0.342. The van der Waals surface area contributed by atoms with Crippen LogP contribution in [-0.4, -0.2) is 15.5 Å². The van der Waals surface area contributed by atoms with Gasteiger partial charge in [-0.05, 0) is 11.6 Å². The fourth-order valence-electron chi connectivity index (χ4n) is 0.966. The largest absolute Gasteiger partial charge is 0.380 e. The zero-order valence-electron chi connectivity index (χ0n) is 6.69. The summed E-state index contributed by atoms with van der Waals surface area (Å²) in [5, 5.41) is 0. The zero-order chi connectivity index (χ0) is 8.97. The van der Waals surface area contributed by atoms with Crippen molar-refractivity contribution in [2.45, 2.75) is 11.5 Å². The summed E-state index contributed by atoms with van der Waals surface area (Å²) in [6.07, 6.45) is 0. The van der Waals surface area contributed by atoms with Gasteiger partial charge in [-0.3, -0.25) is 0 Å². The second-order valence-electron chi connectivity index (χ2n) is 2.32. The molecule has 0 aliphatic carbocycles. The molecule has 0 aliphatic heterocycles. The normalized spacial score (nSPS) is 10.5. The van der Waals surface area contributed by atoms with Crippen LogP contribution in [0.5, 0.6) is 0 Å². The van der Waals surface area contributed by atoms with Crippen LogP contribution in [0.2, 0.25) is 0 Å². The van der Waals surface area contributed by atoms with Gasteiger partial charge in [-0.1, -0.05) is 18.2 Å². The van der Waals surface area contributed by atoms with Gasteiger partial charge in [-0.2, -0.15) is 0 Å². The van der Waals surface area contributed by atoms with Crippen LogP contribution < -0.4 is 0 Å². The minimum absolute atomic E-state index is 0.333. The van der Waals surface area contributed by atoms with Crippen molar-refractivity contribution in [2.24, 2.45) is 0 Å². The molecule has 0 heterocycles. The molecule has 1 aromatic carbocycles. The van der Waals surface area contributed by atoms with Crippen LogP contribution in [0.3, 0.4) is 0 Å². The minimum atomic E-state index is -2.51. The lowest BCUT2D eigenvalue weighted by molar-refractivity contribution is 0.183. The summed E-state index contributed by atoms with van der Waals surface area (Å²) >= 11 is 0. The van der Waals surface area contributed by atoms with Gasteiger partial charge in [0.2, 0.25) is 0 Å². The fraction of sp³-hybridized carbons (Fsp3) is 0.250. The van der Waals surface area contributed by atoms with E-state index in [4.69, 9.17) is 4.74 Å². The summed E-state index contributed by atoms with van der Waals surface area (Å²) < 4.78 is 26.2. The molecule has 0 radical (unpaired) electrons. The molecule has 66 valence electrons. The van der Waals surface area contributed by atoms with Crippen LogP contribution in [0.25, 0.3) is 0 Å². The molecule has 0 unspecified atom stereocenters. The highest BCUT2D eigenvalue weighted by atomic mass is 32.2. The van der Waals surface area contributed by atoms with Crippen LogP contribution in [0.4, 0.5) is 0 Å². The molecule has 0 aromatic heterocycles. The van der Waals surface area contributed by atoms with Gasteiger partial charge in [0.1, 0.15) is 0 Å². The molecular formula is C8H10O3S. The molecule has 0 atom stereocenters. The predicted octanol–water partition coefficient (Wildman–Crippen LogP) is 0.803. The van der Waals surface area contributed by atoms with Gasteiger partial charge in [0.25, 0.3) is 0 Å². The lowest BCUT2D eigenvalue weighted by Gasteiger charge is -2.01. The van der Waals surface area contributed by atoms with Gasteiger partial charge in [-0.15, -0.1) is 0 Å². The maximum absolute atomic E-state index is 10.7. The van der Waals surface area contributed by atoms with Crippen molar-refractivity contribution >= 4 is 10.7 Å². The Morgan fingerprint density at radius 3 is 2.58 bits per heavy atom. The SMILES string of the molecule is COCc1ccccc1[SH](=O)=O. The lowest BCUT2D eigenvalue weighted by atomic mass is 10.2. The second-order valence-corrected chi connectivity index (χ2v) is 3.31. The van der Waals surface area contributed by atoms with E-state index in [0.717, 1.165) is 0 Å². The Labute approximate surface area is 72.9 Å². The molecule has 0 saturated carbocycles. The third-order valence-corrected chi connectivity index (χ3v) is 2.32. The fourth-order valence-corrected chi connectivity index (χ4v) is 1.55. The molecule has 0 aliphatic rings. The Morgan fingerprint density at radius 1 is 1.33 bits per heavy atom. The summed E-state index contributed by atoms with van der Waals surface area (Å²) in [5.41, 5.74) is 0.705. The number of hydrogen-bond donors (Lipinski definition) is 1. The molecule has 3 nitrogen and oxygen atoms in total. The number of hydrogen-bond acceptors (Lipinski definition) is 3. The van der Waals surface area contributed by atoms with E-state index in [1.54, 1.807) is 24.3 Å². The quantitative estimate of drug-likeness (QED) is 0.710. The molecule has 0 N–H and O–H groups in total. The van der Waals surface area contributed by atoms with Gasteiger partial charge in [-0.25, -0.2) is 8.42 Å². The molecular weight excluding hydrogens is 176 g/mol. The molecule has 0 fully saturated rings. The van der Waals surface area contributed by atoms with E-state index in [-0.39, 0.29) is 0 Å². The Balaban J connectivity index is 3.08. The summed E-state index contributed by atoms with van der Waals surface area (Å²) in [7, 11) is -0.972. The van der Waals surface area contributed by atoms with E-state index in [1.165, 1.54) is 7.11 Å². The van der Waals surface area contributed by atoms with Crippen molar-refractivity contribution in [3.05, 3.63) is 29.8 Å². The number of methoxy groups -OCH3 is 1. The maximum Gasteiger partial charge on any atom is 0.168 e. The summed E-state index contributed by atoms with van der Waals surface area (Å²) in [5.74, 6) is 0. The standard InChI is InChI=1S/C8H10O3S/c1-11-6-7-4-2-3-5-8(7)12(9)10/h2-5,12H,6H2,1H3. The van der Waals surface area contributed by atoms with Crippen LogP contribution >= 0.6 is 0 Å². The number of rotatable bonds is 3. The van der Waals surface area contributed by atoms with Crippen molar-refractivity contribution in [1.82, 2.24) is 0 Å². The molecule has 0 saturated heterocycles. The predicted molar refractivity (Wildman–Crippen MR) is 45.7 cm³/mol. The van der Waals surface area contributed by atoms with Gasteiger partial charge < -0.3 is 4.74 Å². The molecule has 0 bridgehead atoms. The van der Waals surface area contributed by atoms with E-state index in [0.29, 0.717) is 17.1 Å². The minimum Gasteiger partial charge on any atom is -0.380 e. The van der Waals surface area contributed by atoms with Gasteiger partial charge in [0.05, 0.1) is 11.5 Å². The van der Waals surface area contributed by atoms with Crippen LogP contribution in [0.15, 0.2) is 29.2 Å². The first-order valence-corrected chi connectivity index (χ1v) is 4.64. The second kappa shape index (κ2) is 4.23. The van der Waals surface area contributed by atoms with Crippen LogP contribution in [-0.2, 0) is 22.0 Å². The molecule has 0 amide bonds. The summed E-state index contributed by atoms with van der Waals surface area (Å²) in [6.45, 7) is 0.333. The Hall–Kier alpha value is -0.870. The van der Waals surface area contributed by atoms with Crippen molar-refractivity contribution in [3.63, 3.8) is 0 Å². The zero-order valence-corrected chi connectivity index (χ0v) is 7.58. The Kier molecular flexibility index (Phi) is 3.25. The van der Waals surface area contributed by atoms with E-state index in [9.17, 15) is 8.42 Å². The molecule has 12 heavy (non-hydrogen) atoms. The highest BCUT2D eigenvalue weighted by molar-refractivity contribution is 7.72. The van der Waals surface area contributed by atoms with E-state index >= 15 is 0 Å². The van der Waals surface area contributed by atoms with Crippen LogP contribution in [0.1, 0.15) is 5.56 Å². The maximum atomic E-state index is 10.7. The molecule has 1 rings (SSSR count). The first kappa shape index (κ1) is 9.22. The number of benzene rings is 1. The highest BCUT2D eigenvalue weighted by Gasteiger charge is 2.01. The number of thiol groups is 1. The molecule has 4 heteroatoms. The van der Waals surface area contributed by atoms with Crippen molar-refractivity contribution < 1.29 is 13.2 Å². The van der Waals surface area contributed by atoms with Gasteiger partial charge in [0.15, 0.2) is 10.7 Å². The first-order valence-electron chi connectivity index (χ1n) is 3.47. The van der Waals surface area contributed by atoms with Gasteiger partial charge in [0, 0.05) is 7.11 Å². The smallest absolute Gasteiger partial charge is 0.168 e. The Morgan fingerprint density at radius 2 is 2.00 bits per heavy atom. The van der Waals surface area contributed by atoms with E-state index in [1.807, 2.05) is 0 Å². The average molecular weight is 186 g/mol. The summed E-state index contributed by atoms with van der Waals surface area (Å²) in [6, 6.07) is 6.79. The molecule has 1 aromatic rings. The van der Waals surface area contributed by atoms with E-state index in [2.05, 4.69) is 0 Å². The third kappa shape index (κ3) is 2.06. The van der Waals surface area contributed by atoms with Crippen molar-refractivity contribution in [1.29, 1.82) is 0 Å². The highest BCUT2D eigenvalue weighted by Crippen LogP contribution is 2.10. The van der Waals surface area contributed by atoms with Gasteiger partial charge >= 0.3 is 0 Å². The number of ether oxygens (including phenoxy) is 1. The lowest BCUT2D eigenvalue weighted by Crippen LogP contribution is -1.93. The van der Waals surface area contributed by atoms with Crippen molar-refractivity contribution in [3.8, 4) is 0 Å². The first-order chi connectivity index (χ1) is 5.75. The van der Waals surface area contributed by atoms with E-state index < -0.39 is 10.7 Å². The molecule has 0 spiro atoms.